The van der Waals surface area contributed by atoms with Crippen LogP contribution in [0.15, 0.2) is 78.9 Å². The van der Waals surface area contributed by atoms with Gasteiger partial charge in [-0.25, -0.2) is 8.97 Å². The van der Waals surface area contributed by atoms with Crippen LogP contribution in [-0.4, -0.2) is 55.6 Å². The summed E-state index contributed by atoms with van der Waals surface area (Å²) in [5.41, 5.74) is 2.01. The van der Waals surface area contributed by atoms with E-state index < -0.39 is 18.0 Å². The standard InChI is InChI=1S/C27H30FNO5.ClH/c1-29(2)20-33-25(18-31-16-21-10-5-3-6-11-21)26(19-32-17-22-12-7-4-8-13-22)34-27-23(28)14-9-15-24(27)30;/h3-15,20,25-26H,16-19H2,1-2H3;1H/t25-,26+;/m0./s1. The molecule has 0 amide bonds. The van der Waals surface area contributed by atoms with Gasteiger partial charge >= 0.3 is 6.40 Å². The van der Waals surface area contributed by atoms with Gasteiger partial charge in [-0.2, -0.15) is 0 Å². The van der Waals surface area contributed by atoms with Crippen LogP contribution in [0.1, 0.15) is 11.1 Å². The summed E-state index contributed by atoms with van der Waals surface area (Å²) in [5, 5.41) is 10.2. The largest absolute Gasteiger partial charge is 1.00 e. The summed E-state index contributed by atoms with van der Waals surface area (Å²) in [6.45, 7) is 0.973. The summed E-state index contributed by atoms with van der Waals surface area (Å²) in [6, 6.07) is 23.5. The van der Waals surface area contributed by atoms with Crippen molar-refractivity contribution in [2.45, 2.75) is 25.4 Å². The number of hydrogen-bond acceptors (Lipinski definition) is 5. The highest BCUT2D eigenvalue weighted by Crippen LogP contribution is 2.30. The van der Waals surface area contributed by atoms with Crippen LogP contribution in [-0.2, 0) is 27.4 Å². The molecule has 35 heavy (non-hydrogen) atoms. The third kappa shape index (κ3) is 9.56. The molecular weight excluding hydrogens is 473 g/mol. The molecule has 0 radical (unpaired) electrons. The fourth-order valence-electron chi connectivity index (χ4n) is 3.15. The maximum atomic E-state index is 14.4. The lowest BCUT2D eigenvalue weighted by molar-refractivity contribution is -0.469. The number of benzene rings is 3. The van der Waals surface area contributed by atoms with Gasteiger partial charge in [0.15, 0.2) is 29.5 Å². The zero-order valence-electron chi connectivity index (χ0n) is 19.8. The van der Waals surface area contributed by atoms with Crippen LogP contribution >= 0.6 is 0 Å². The Hall–Kier alpha value is -3.13. The van der Waals surface area contributed by atoms with Crippen LogP contribution < -0.4 is 17.1 Å². The average Bonchev–Trinajstić information content (AvgIpc) is 2.84. The molecule has 3 aromatic rings. The lowest BCUT2D eigenvalue weighted by Crippen LogP contribution is -3.00. The molecule has 0 saturated carbocycles. The fourth-order valence-corrected chi connectivity index (χ4v) is 3.15. The van der Waals surface area contributed by atoms with E-state index in [4.69, 9.17) is 18.9 Å². The van der Waals surface area contributed by atoms with Gasteiger partial charge in [-0.1, -0.05) is 66.7 Å². The molecular formula is C27H31ClFNO5. The average molecular weight is 504 g/mol. The normalized spacial score (nSPS) is 12.2. The first-order chi connectivity index (χ1) is 16.5. The minimum absolute atomic E-state index is 0. The van der Waals surface area contributed by atoms with Gasteiger partial charge in [0.2, 0.25) is 0 Å². The quantitative estimate of drug-likeness (QED) is 0.217. The maximum absolute atomic E-state index is 14.4. The van der Waals surface area contributed by atoms with Crippen molar-refractivity contribution >= 4 is 6.40 Å². The second-order valence-corrected chi connectivity index (χ2v) is 7.99. The van der Waals surface area contributed by atoms with Crippen LogP contribution in [0.4, 0.5) is 4.39 Å². The third-order valence-corrected chi connectivity index (χ3v) is 4.86. The van der Waals surface area contributed by atoms with E-state index in [9.17, 15) is 9.50 Å². The molecule has 0 saturated heterocycles. The number of phenols is 1. The molecule has 3 rings (SSSR count). The molecule has 0 aliphatic rings. The predicted molar refractivity (Wildman–Crippen MR) is 128 cm³/mol. The van der Waals surface area contributed by atoms with Crippen molar-refractivity contribution in [1.29, 1.82) is 0 Å². The van der Waals surface area contributed by atoms with Gasteiger partial charge in [0.25, 0.3) is 0 Å². The SMILES string of the molecule is C[N+](C)=CO[C@@H](COCc1ccccc1)[C@@H](COCc1ccccc1)Oc1c(O)cccc1F.[Cl-]. The number of para-hydroxylation sites is 1. The van der Waals surface area contributed by atoms with Crippen molar-refractivity contribution in [1.82, 2.24) is 0 Å². The molecule has 0 spiro atoms. The number of aromatic hydroxyl groups is 1. The molecule has 0 fully saturated rings. The zero-order valence-corrected chi connectivity index (χ0v) is 20.6. The van der Waals surface area contributed by atoms with E-state index in [0.717, 1.165) is 11.1 Å². The van der Waals surface area contributed by atoms with Gasteiger partial charge < -0.3 is 36.5 Å². The van der Waals surface area contributed by atoms with Crippen molar-refractivity contribution in [3.05, 3.63) is 95.8 Å². The first kappa shape index (κ1) is 28.1. The summed E-state index contributed by atoms with van der Waals surface area (Å²) >= 11 is 0. The van der Waals surface area contributed by atoms with Crippen LogP contribution in [0.5, 0.6) is 11.5 Å². The van der Waals surface area contributed by atoms with E-state index in [1.165, 1.54) is 24.6 Å². The fraction of sp³-hybridized carbons (Fsp3) is 0.296. The van der Waals surface area contributed by atoms with Crippen LogP contribution in [0.3, 0.4) is 0 Å². The number of ether oxygens (including phenoxy) is 4. The Morgan fingerprint density at radius 3 is 1.86 bits per heavy atom. The van der Waals surface area contributed by atoms with E-state index >= 15 is 0 Å². The Bertz CT molecular complexity index is 1010. The molecule has 188 valence electrons. The van der Waals surface area contributed by atoms with E-state index in [2.05, 4.69) is 0 Å². The number of rotatable bonds is 13. The molecule has 8 heteroatoms. The Morgan fingerprint density at radius 1 is 0.800 bits per heavy atom. The third-order valence-electron chi connectivity index (χ3n) is 4.86. The van der Waals surface area contributed by atoms with Gasteiger partial charge in [0.05, 0.1) is 26.4 Å². The maximum Gasteiger partial charge on any atom is 0.323 e. The number of halogens is 2. The van der Waals surface area contributed by atoms with Gasteiger partial charge in [0, 0.05) is 0 Å². The lowest BCUT2D eigenvalue weighted by atomic mass is 10.2. The summed E-state index contributed by atoms with van der Waals surface area (Å²) < 4.78 is 39.8. The summed E-state index contributed by atoms with van der Waals surface area (Å²) in [4.78, 5) is 0. The smallest absolute Gasteiger partial charge is 0.323 e. The van der Waals surface area contributed by atoms with Crippen molar-refractivity contribution in [2.24, 2.45) is 0 Å². The van der Waals surface area contributed by atoms with E-state index in [0.29, 0.717) is 13.2 Å². The van der Waals surface area contributed by atoms with E-state index in [1.807, 2.05) is 74.8 Å². The van der Waals surface area contributed by atoms with Crippen molar-refractivity contribution in [2.75, 3.05) is 27.3 Å². The Morgan fingerprint density at radius 2 is 1.34 bits per heavy atom. The van der Waals surface area contributed by atoms with Crippen LogP contribution in [0.25, 0.3) is 0 Å². The minimum Gasteiger partial charge on any atom is -1.00 e. The molecule has 0 aliphatic carbocycles. The van der Waals surface area contributed by atoms with Gasteiger partial charge in [0.1, 0.15) is 14.1 Å². The highest BCUT2D eigenvalue weighted by molar-refractivity contribution is 5.41. The highest BCUT2D eigenvalue weighted by Gasteiger charge is 2.28. The molecule has 0 aliphatic heterocycles. The zero-order chi connectivity index (χ0) is 24.2. The van der Waals surface area contributed by atoms with Crippen molar-refractivity contribution in [3.63, 3.8) is 0 Å². The Labute approximate surface area is 212 Å². The highest BCUT2D eigenvalue weighted by atomic mass is 35.5. The second-order valence-electron chi connectivity index (χ2n) is 7.99. The molecule has 0 unspecified atom stereocenters. The topological polar surface area (TPSA) is 60.2 Å². The first-order valence-electron chi connectivity index (χ1n) is 11.1. The molecule has 3 aromatic carbocycles. The first-order valence-corrected chi connectivity index (χ1v) is 11.1. The van der Waals surface area contributed by atoms with E-state index in [1.54, 1.807) is 4.58 Å². The minimum atomic E-state index is -0.765. The Balaban J connectivity index is 0.00000432. The molecule has 2 atom stereocenters. The number of phenolic OH excluding ortho intramolecular Hbond substituents is 1. The summed E-state index contributed by atoms with van der Waals surface area (Å²) in [7, 11) is 3.65. The van der Waals surface area contributed by atoms with Gasteiger partial charge in [-0.05, 0) is 23.3 Å². The lowest BCUT2D eigenvalue weighted by Gasteiger charge is -2.27. The summed E-state index contributed by atoms with van der Waals surface area (Å²) in [6.07, 6.45) is 0.130. The molecule has 0 heterocycles. The summed E-state index contributed by atoms with van der Waals surface area (Å²) in [5.74, 6) is -1.22. The van der Waals surface area contributed by atoms with Gasteiger partial charge in [-0.15, -0.1) is 0 Å². The number of nitrogens with zero attached hydrogens (tertiary/aromatic N) is 1. The molecule has 6 nitrogen and oxygen atoms in total. The van der Waals surface area contributed by atoms with E-state index in [-0.39, 0.29) is 37.1 Å². The number of hydrogen-bond donors (Lipinski definition) is 1. The molecule has 0 aromatic heterocycles. The predicted octanol–water partition coefficient (Wildman–Crippen LogP) is 1.40. The Kier molecular flexibility index (Phi) is 12.0. The van der Waals surface area contributed by atoms with Crippen molar-refractivity contribution in [3.8, 4) is 11.5 Å². The monoisotopic (exact) mass is 503 g/mol. The second kappa shape index (κ2) is 15.0. The van der Waals surface area contributed by atoms with Gasteiger partial charge in [-0.3, -0.25) is 0 Å². The van der Waals surface area contributed by atoms with Crippen molar-refractivity contribution < 1.29 is 45.4 Å². The molecule has 0 bridgehead atoms. The van der Waals surface area contributed by atoms with Crippen LogP contribution in [0.2, 0.25) is 0 Å². The molecule has 1 N–H and O–H groups in total. The van der Waals surface area contributed by atoms with Crippen LogP contribution in [0, 0.1) is 5.82 Å².